The molecular formula is C7H9ClO3S. The summed E-state index contributed by atoms with van der Waals surface area (Å²) in [5.41, 5.74) is 0. The van der Waals surface area contributed by atoms with Crippen LogP contribution in [0.2, 0.25) is 0 Å². The van der Waals surface area contributed by atoms with Crippen LogP contribution in [0.3, 0.4) is 0 Å². The molecule has 12 heavy (non-hydrogen) atoms. The third-order valence-corrected chi connectivity index (χ3v) is 2.14. The maximum Gasteiger partial charge on any atom is 0.300 e. The molecule has 0 spiro atoms. The Kier molecular flexibility index (Phi) is 3.39. The first-order valence-corrected chi connectivity index (χ1v) is 5.93. The van der Waals surface area contributed by atoms with E-state index in [1.807, 2.05) is 5.25 Å². The van der Waals surface area contributed by atoms with Crippen molar-refractivity contribution in [3.05, 3.63) is 0 Å². The van der Waals surface area contributed by atoms with E-state index in [0.717, 1.165) is 19.4 Å². The Morgan fingerprint density at radius 1 is 1.50 bits per heavy atom. The SMILES string of the molecule is O=S(=O)(Cl)C#CC1CCCOC1. The summed E-state index contributed by atoms with van der Waals surface area (Å²) >= 11 is 0. The van der Waals surface area contributed by atoms with Crippen LogP contribution in [0.1, 0.15) is 12.8 Å². The summed E-state index contributed by atoms with van der Waals surface area (Å²) in [5, 5.41) is 2.00. The number of hydrogen-bond donors (Lipinski definition) is 0. The van der Waals surface area contributed by atoms with Gasteiger partial charge in [-0.05, 0) is 12.8 Å². The van der Waals surface area contributed by atoms with Gasteiger partial charge in [-0.2, -0.15) is 8.42 Å². The minimum Gasteiger partial charge on any atom is -0.380 e. The zero-order chi connectivity index (χ0) is 9.03. The van der Waals surface area contributed by atoms with Crippen molar-refractivity contribution in [3.8, 4) is 11.2 Å². The van der Waals surface area contributed by atoms with Crippen molar-refractivity contribution >= 4 is 19.7 Å². The number of hydrogen-bond acceptors (Lipinski definition) is 3. The van der Waals surface area contributed by atoms with E-state index < -0.39 is 9.05 Å². The minimum absolute atomic E-state index is 0.0206. The van der Waals surface area contributed by atoms with Crippen molar-refractivity contribution in [2.24, 2.45) is 5.92 Å². The summed E-state index contributed by atoms with van der Waals surface area (Å²) in [6, 6.07) is 0. The second-order valence-electron chi connectivity index (χ2n) is 2.60. The maximum atomic E-state index is 10.4. The highest BCUT2D eigenvalue weighted by atomic mass is 35.7. The molecule has 68 valence electrons. The fourth-order valence-corrected chi connectivity index (χ4v) is 1.45. The summed E-state index contributed by atoms with van der Waals surface area (Å²) in [4.78, 5) is 0. The highest BCUT2D eigenvalue weighted by Crippen LogP contribution is 2.12. The third kappa shape index (κ3) is 3.96. The molecule has 5 heteroatoms. The Bertz CT molecular complexity index is 292. The van der Waals surface area contributed by atoms with Gasteiger partial charge in [0.1, 0.15) is 0 Å². The second kappa shape index (κ2) is 4.13. The van der Waals surface area contributed by atoms with E-state index in [4.69, 9.17) is 15.4 Å². The Morgan fingerprint density at radius 3 is 2.75 bits per heavy atom. The molecule has 1 heterocycles. The molecule has 1 saturated heterocycles. The van der Waals surface area contributed by atoms with Gasteiger partial charge in [0.05, 0.1) is 6.61 Å². The highest BCUT2D eigenvalue weighted by Gasteiger charge is 2.11. The standard InChI is InChI=1S/C7H9ClO3S/c8-12(9,10)5-3-7-2-1-4-11-6-7/h7H,1-2,4,6H2. The summed E-state index contributed by atoms with van der Waals surface area (Å²) in [6.45, 7) is 1.26. The molecule has 0 bridgehead atoms. The van der Waals surface area contributed by atoms with Crippen LogP contribution in [0.15, 0.2) is 0 Å². The summed E-state index contributed by atoms with van der Waals surface area (Å²) in [7, 11) is 1.24. The molecule has 1 unspecified atom stereocenters. The number of halogens is 1. The molecule has 0 aromatic heterocycles. The molecule has 0 radical (unpaired) electrons. The largest absolute Gasteiger partial charge is 0.380 e. The highest BCUT2D eigenvalue weighted by molar-refractivity contribution is 8.17. The fourth-order valence-electron chi connectivity index (χ4n) is 1.01. The normalized spacial score (nSPS) is 24.2. The van der Waals surface area contributed by atoms with Gasteiger partial charge < -0.3 is 4.74 Å². The zero-order valence-corrected chi connectivity index (χ0v) is 7.99. The van der Waals surface area contributed by atoms with Crippen molar-refractivity contribution in [1.29, 1.82) is 0 Å². The van der Waals surface area contributed by atoms with Gasteiger partial charge in [0, 0.05) is 28.5 Å². The van der Waals surface area contributed by atoms with Crippen molar-refractivity contribution in [2.75, 3.05) is 13.2 Å². The van der Waals surface area contributed by atoms with Gasteiger partial charge in [-0.1, -0.05) is 5.92 Å². The van der Waals surface area contributed by atoms with Crippen LogP contribution in [-0.4, -0.2) is 21.6 Å². The van der Waals surface area contributed by atoms with Gasteiger partial charge in [0.15, 0.2) is 0 Å². The molecule has 1 aliphatic rings. The van der Waals surface area contributed by atoms with E-state index in [2.05, 4.69) is 5.92 Å². The monoisotopic (exact) mass is 208 g/mol. The molecule has 0 aliphatic carbocycles. The molecule has 0 N–H and O–H groups in total. The molecular weight excluding hydrogens is 200 g/mol. The minimum atomic E-state index is -3.67. The smallest absolute Gasteiger partial charge is 0.300 e. The lowest BCUT2D eigenvalue weighted by Gasteiger charge is -2.16. The first-order chi connectivity index (χ1) is 5.58. The first-order valence-electron chi connectivity index (χ1n) is 3.62. The lowest BCUT2D eigenvalue weighted by molar-refractivity contribution is 0.0740. The van der Waals surface area contributed by atoms with Gasteiger partial charge in [-0.15, -0.1) is 0 Å². The van der Waals surface area contributed by atoms with Crippen molar-refractivity contribution in [2.45, 2.75) is 12.8 Å². The predicted octanol–water partition coefficient (Wildman–Crippen LogP) is 0.943. The Hall–Kier alpha value is -0.240. The molecule has 1 aliphatic heterocycles. The molecule has 0 aromatic carbocycles. The van der Waals surface area contributed by atoms with Gasteiger partial charge in [-0.25, -0.2) is 0 Å². The van der Waals surface area contributed by atoms with E-state index in [1.165, 1.54) is 0 Å². The summed E-state index contributed by atoms with van der Waals surface area (Å²) in [5.74, 6) is 2.59. The molecule has 0 amide bonds. The van der Waals surface area contributed by atoms with Gasteiger partial charge >= 0.3 is 9.05 Å². The fraction of sp³-hybridized carbons (Fsp3) is 0.714. The Balaban J connectivity index is 2.53. The maximum absolute atomic E-state index is 10.4. The average Bonchev–Trinajstić information content (AvgIpc) is 2.02. The molecule has 1 atom stereocenters. The third-order valence-electron chi connectivity index (χ3n) is 1.55. The molecule has 0 aromatic rings. The second-order valence-corrected chi connectivity index (χ2v) is 4.90. The van der Waals surface area contributed by atoms with Crippen LogP contribution in [0, 0.1) is 17.1 Å². The van der Waals surface area contributed by atoms with Crippen LogP contribution < -0.4 is 0 Å². The van der Waals surface area contributed by atoms with Crippen LogP contribution in [0.25, 0.3) is 0 Å². The average molecular weight is 209 g/mol. The van der Waals surface area contributed by atoms with Gasteiger partial charge in [-0.3, -0.25) is 0 Å². The quantitative estimate of drug-likeness (QED) is 0.440. The number of ether oxygens (including phenoxy) is 1. The van der Waals surface area contributed by atoms with Crippen LogP contribution in [0.5, 0.6) is 0 Å². The van der Waals surface area contributed by atoms with Crippen molar-refractivity contribution in [1.82, 2.24) is 0 Å². The lowest BCUT2D eigenvalue weighted by Crippen LogP contribution is -2.15. The lowest BCUT2D eigenvalue weighted by atomic mass is 10.0. The van der Waals surface area contributed by atoms with E-state index in [1.54, 1.807) is 0 Å². The Morgan fingerprint density at radius 2 is 2.25 bits per heavy atom. The van der Waals surface area contributed by atoms with E-state index >= 15 is 0 Å². The van der Waals surface area contributed by atoms with Crippen LogP contribution >= 0.6 is 10.7 Å². The summed E-state index contributed by atoms with van der Waals surface area (Å²) in [6.07, 6.45) is 1.82. The van der Waals surface area contributed by atoms with Crippen molar-refractivity contribution < 1.29 is 13.2 Å². The predicted molar refractivity (Wildman–Crippen MR) is 46.1 cm³/mol. The Labute approximate surface area is 76.5 Å². The molecule has 1 rings (SSSR count). The molecule has 0 saturated carbocycles. The van der Waals surface area contributed by atoms with E-state index in [0.29, 0.717) is 6.61 Å². The summed E-state index contributed by atoms with van der Waals surface area (Å²) < 4.78 is 26.0. The van der Waals surface area contributed by atoms with Crippen molar-refractivity contribution in [3.63, 3.8) is 0 Å². The van der Waals surface area contributed by atoms with Crippen LogP contribution in [0.4, 0.5) is 0 Å². The number of rotatable bonds is 0. The zero-order valence-electron chi connectivity index (χ0n) is 6.42. The van der Waals surface area contributed by atoms with Crippen LogP contribution in [-0.2, 0) is 13.8 Å². The van der Waals surface area contributed by atoms with Gasteiger partial charge in [0.25, 0.3) is 0 Å². The molecule has 3 nitrogen and oxygen atoms in total. The first kappa shape index (κ1) is 9.85. The van der Waals surface area contributed by atoms with E-state index in [9.17, 15) is 8.42 Å². The topological polar surface area (TPSA) is 43.4 Å². The van der Waals surface area contributed by atoms with Gasteiger partial charge in [0.2, 0.25) is 0 Å². The molecule has 1 fully saturated rings. The van der Waals surface area contributed by atoms with E-state index in [-0.39, 0.29) is 5.92 Å².